The summed E-state index contributed by atoms with van der Waals surface area (Å²) in [5, 5.41) is 15.3. The zero-order valence-electron chi connectivity index (χ0n) is 14.3. The van der Waals surface area contributed by atoms with Crippen LogP contribution in [-0.2, 0) is 4.79 Å². The van der Waals surface area contributed by atoms with Crippen molar-refractivity contribution in [1.82, 2.24) is 5.43 Å². The molecule has 0 heterocycles. The van der Waals surface area contributed by atoms with Gasteiger partial charge in [0.2, 0.25) is 0 Å². The molecule has 0 saturated carbocycles. The highest BCUT2D eigenvalue weighted by molar-refractivity contribution is 5.91. The number of carboxylic acids is 1. The number of carbonyl (C=O) groups excluding carboxylic acids is 1. The first-order valence-corrected chi connectivity index (χ1v) is 7.72. The lowest BCUT2D eigenvalue weighted by Gasteiger charge is -2.10. The van der Waals surface area contributed by atoms with Gasteiger partial charge in [0.05, 0.1) is 19.0 Å². The zero-order chi connectivity index (χ0) is 18.9. The molecule has 2 aromatic carbocycles. The van der Waals surface area contributed by atoms with Crippen LogP contribution in [0, 0.1) is 0 Å². The molecule has 136 valence electrons. The molecule has 1 atom stereocenters. The Bertz CT molecular complexity index is 790. The molecule has 8 heteroatoms. The van der Waals surface area contributed by atoms with Gasteiger partial charge in [-0.1, -0.05) is 12.1 Å². The van der Waals surface area contributed by atoms with Crippen LogP contribution in [0.5, 0.6) is 11.5 Å². The molecule has 2 aromatic rings. The van der Waals surface area contributed by atoms with E-state index in [1.807, 2.05) is 0 Å². The Morgan fingerprint density at radius 1 is 1.15 bits per heavy atom. The number of para-hydroxylation sites is 2. The van der Waals surface area contributed by atoms with Gasteiger partial charge in [-0.2, -0.15) is 5.10 Å². The van der Waals surface area contributed by atoms with Crippen molar-refractivity contribution in [2.75, 3.05) is 12.4 Å². The van der Waals surface area contributed by atoms with Gasteiger partial charge in [-0.05, 0) is 48.9 Å². The molecule has 0 aromatic heterocycles. The van der Waals surface area contributed by atoms with Gasteiger partial charge < -0.3 is 19.9 Å². The third-order valence-electron chi connectivity index (χ3n) is 3.28. The largest absolute Gasteiger partial charge is 0.495 e. The molecule has 0 aliphatic carbocycles. The number of methoxy groups -OCH3 is 1. The molecular formula is C18H19N3O5. The monoisotopic (exact) mass is 357 g/mol. The quantitative estimate of drug-likeness (QED) is 0.521. The first-order chi connectivity index (χ1) is 12.5. The summed E-state index contributed by atoms with van der Waals surface area (Å²) in [5.41, 5.74) is 3.58. The van der Waals surface area contributed by atoms with Crippen LogP contribution in [0.3, 0.4) is 0 Å². The van der Waals surface area contributed by atoms with Crippen molar-refractivity contribution in [3.05, 3.63) is 54.1 Å². The molecule has 3 N–H and O–H groups in total. The van der Waals surface area contributed by atoms with Crippen LogP contribution in [0.25, 0.3) is 0 Å². The van der Waals surface area contributed by atoms with Crippen molar-refractivity contribution in [3.63, 3.8) is 0 Å². The van der Waals surface area contributed by atoms with Gasteiger partial charge in [0.1, 0.15) is 11.5 Å². The highest BCUT2D eigenvalue weighted by atomic mass is 16.5. The summed E-state index contributed by atoms with van der Waals surface area (Å²) < 4.78 is 10.4. The number of anilines is 1. The van der Waals surface area contributed by atoms with Gasteiger partial charge in [0, 0.05) is 0 Å². The molecule has 0 spiro atoms. The van der Waals surface area contributed by atoms with E-state index in [4.69, 9.17) is 14.6 Å². The number of nitrogens with one attached hydrogen (secondary N) is 2. The highest BCUT2D eigenvalue weighted by Gasteiger charge is 2.11. The zero-order valence-corrected chi connectivity index (χ0v) is 14.3. The van der Waals surface area contributed by atoms with Crippen LogP contribution in [0.2, 0.25) is 0 Å². The Hall–Kier alpha value is -3.55. The molecule has 2 amide bonds. The van der Waals surface area contributed by atoms with Gasteiger partial charge in [-0.25, -0.2) is 15.0 Å². The Morgan fingerprint density at radius 2 is 1.85 bits per heavy atom. The van der Waals surface area contributed by atoms with E-state index in [2.05, 4.69) is 15.8 Å². The number of nitrogens with zero attached hydrogens (tertiary/aromatic N) is 1. The molecule has 0 radical (unpaired) electrons. The summed E-state index contributed by atoms with van der Waals surface area (Å²) >= 11 is 0. The smallest absolute Gasteiger partial charge is 0.344 e. The number of ether oxygens (including phenoxy) is 2. The number of hydrogen-bond acceptors (Lipinski definition) is 5. The molecule has 26 heavy (non-hydrogen) atoms. The number of rotatable bonds is 7. The molecule has 0 aliphatic rings. The van der Waals surface area contributed by atoms with Crippen molar-refractivity contribution >= 4 is 23.9 Å². The van der Waals surface area contributed by atoms with Crippen LogP contribution < -0.4 is 20.2 Å². The fraction of sp³-hybridized carbons (Fsp3) is 0.167. The van der Waals surface area contributed by atoms with Crippen molar-refractivity contribution in [2.45, 2.75) is 13.0 Å². The number of carbonyl (C=O) groups is 2. The summed E-state index contributed by atoms with van der Waals surface area (Å²) in [6.45, 7) is 1.45. The number of benzene rings is 2. The topological polar surface area (TPSA) is 109 Å². The minimum atomic E-state index is -1.04. The molecule has 0 aliphatic heterocycles. The number of aliphatic carboxylic acids is 1. The van der Waals surface area contributed by atoms with Crippen LogP contribution in [0.1, 0.15) is 12.5 Å². The van der Waals surface area contributed by atoms with Crippen molar-refractivity contribution < 1.29 is 24.2 Å². The number of urea groups is 1. The predicted molar refractivity (Wildman–Crippen MR) is 96.9 cm³/mol. The maximum absolute atomic E-state index is 11.8. The molecule has 8 nitrogen and oxygen atoms in total. The van der Waals surface area contributed by atoms with E-state index in [9.17, 15) is 9.59 Å². The van der Waals surface area contributed by atoms with Crippen LogP contribution in [-0.4, -0.2) is 36.5 Å². The van der Waals surface area contributed by atoms with Gasteiger partial charge in [0.15, 0.2) is 6.10 Å². The van der Waals surface area contributed by atoms with Gasteiger partial charge in [0.25, 0.3) is 0 Å². The Labute approximate surface area is 150 Å². The van der Waals surface area contributed by atoms with E-state index in [0.717, 1.165) is 0 Å². The van der Waals surface area contributed by atoms with Gasteiger partial charge >= 0.3 is 12.0 Å². The van der Waals surface area contributed by atoms with E-state index >= 15 is 0 Å². The Balaban J connectivity index is 1.87. The number of carboxylic acid groups (broad SMARTS) is 1. The number of amides is 2. The molecule has 2 rings (SSSR count). The predicted octanol–water partition coefficient (Wildman–Crippen LogP) is 2.70. The summed E-state index contributed by atoms with van der Waals surface area (Å²) in [4.78, 5) is 22.6. The second-order valence-corrected chi connectivity index (χ2v) is 5.19. The Morgan fingerprint density at radius 3 is 2.50 bits per heavy atom. The maximum Gasteiger partial charge on any atom is 0.344 e. The fourth-order valence-electron chi connectivity index (χ4n) is 1.95. The average Bonchev–Trinajstić information content (AvgIpc) is 2.63. The molecule has 0 unspecified atom stereocenters. The minimum absolute atomic E-state index is 0.430. The first kappa shape index (κ1) is 18.8. The fourth-order valence-corrected chi connectivity index (χ4v) is 1.95. The van der Waals surface area contributed by atoms with E-state index in [1.54, 1.807) is 48.5 Å². The summed E-state index contributed by atoms with van der Waals surface area (Å²) in [6, 6.07) is 13.1. The third kappa shape index (κ3) is 5.52. The second-order valence-electron chi connectivity index (χ2n) is 5.19. The second kappa shape index (κ2) is 9.07. The lowest BCUT2D eigenvalue weighted by molar-refractivity contribution is -0.144. The minimum Gasteiger partial charge on any atom is -0.495 e. The van der Waals surface area contributed by atoms with Gasteiger partial charge in [-0.3, -0.25) is 0 Å². The van der Waals surface area contributed by atoms with Crippen LogP contribution in [0.15, 0.2) is 53.6 Å². The average molecular weight is 357 g/mol. The van der Waals surface area contributed by atoms with E-state index in [-0.39, 0.29) is 0 Å². The number of hydrogen-bond donors (Lipinski definition) is 3. The number of hydrazone groups is 1. The van der Waals surface area contributed by atoms with Crippen LogP contribution >= 0.6 is 0 Å². The molecular weight excluding hydrogens is 338 g/mol. The van der Waals surface area contributed by atoms with E-state index in [0.29, 0.717) is 22.7 Å². The van der Waals surface area contributed by atoms with E-state index < -0.39 is 18.1 Å². The summed E-state index contributed by atoms with van der Waals surface area (Å²) in [6.07, 6.45) is 0.515. The van der Waals surface area contributed by atoms with Gasteiger partial charge in [-0.15, -0.1) is 0 Å². The third-order valence-corrected chi connectivity index (χ3v) is 3.28. The summed E-state index contributed by atoms with van der Waals surface area (Å²) in [5.74, 6) is -0.0716. The maximum atomic E-state index is 11.8. The standard InChI is InChI=1S/C18H19N3O5/c1-12(17(22)23)26-14-9-7-13(8-10-14)11-19-21-18(24)20-15-5-3-4-6-16(15)25-2/h3-12H,1-2H3,(H,22,23)(H2,20,21,24)/b19-11+/t12-/m0/s1. The van der Waals surface area contributed by atoms with E-state index in [1.165, 1.54) is 20.2 Å². The normalized spacial score (nSPS) is 11.6. The molecule has 0 bridgehead atoms. The SMILES string of the molecule is COc1ccccc1NC(=O)N/N=C/c1ccc(O[C@@H](C)C(=O)O)cc1. The Kier molecular flexibility index (Phi) is 6.55. The van der Waals surface area contributed by atoms with Crippen molar-refractivity contribution in [1.29, 1.82) is 0 Å². The van der Waals surface area contributed by atoms with Crippen LogP contribution in [0.4, 0.5) is 10.5 Å². The first-order valence-electron chi connectivity index (χ1n) is 7.72. The molecule has 0 fully saturated rings. The summed E-state index contributed by atoms with van der Waals surface area (Å²) in [7, 11) is 1.52. The van der Waals surface area contributed by atoms with Crippen molar-refractivity contribution in [2.24, 2.45) is 5.10 Å². The lowest BCUT2D eigenvalue weighted by Crippen LogP contribution is -2.24. The molecule has 0 saturated heterocycles. The van der Waals surface area contributed by atoms with Crippen molar-refractivity contribution in [3.8, 4) is 11.5 Å². The highest BCUT2D eigenvalue weighted by Crippen LogP contribution is 2.22. The lowest BCUT2D eigenvalue weighted by atomic mass is 10.2.